The summed E-state index contributed by atoms with van der Waals surface area (Å²) in [6, 6.07) is 9.43. The SMILES string of the molecule is Cn1nc(C(=O)Nc2cccc3ccc(S(N)(=O)=O)cc23)[nH]c1=O. The van der Waals surface area contributed by atoms with Crippen molar-refractivity contribution in [3.05, 3.63) is 52.7 Å². The molecular formula is C14H13N5O4S. The second-order valence-electron chi connectivity index (χ2n) is 5.09. The quantitative estimate of drug-likeness (QED) is 0.619. The number of aromatic nitrogens is 3. The standard InChI is InChI=1S/C14H13N5O4S/c1-19-14(21)17-12(18-19)13(20)16-11-4-2-3-8-5-6-9(7-10(8)11)24(15,22)23/h2-7H,1H3,(H,16,20)(H2,15,22,23)(H,17,18,21). The molecule has 0 spiro atoms. The lowest BCUT2D eigenvalue weighted by Crippen LogP contribution is -2.15. The number of rotatable bonds is 3. The van der Waals surface area contributed by atoms with Crippen molar-refractivity contribution in [2.75, 3.05) is 5.32 Å². The Morgan fingerprint density at radius 1 is 1.29 bits per heavy atom. The van der Waals surface area contributed by atoms with Gasteiger partial charge in [-0.05, 0) is 23.6 Å². The minimum atomic E-state index is -3.87. The first-order valence-corrected chi connectivity index (χ1v) is 8.30. The number of H-pyrrole nitrogens is 1. The average molecular weight is 347 g/mol. The monoisotopic (exact) mass is 347 g/mol. The van der Waals surface area contributed by atoms with Crippen LogP contribution in [0.3, 0.4) is 0 Å². The molecule has 24 heavy (non-hydrogen) atoms. The zero-order chi connectivity index (χ0) is 17.5. The summed E-state index contributed by atoms with van der Waals surface area (Å²) in [7, 11) is -2.46. The van der Waals surface area contributed by atoms with Crippen LogP contribution >= 0.6 is 0 Å². The van der Waals surface area contributed by atoms with Crippen LogP contribution in [0.15, 0.2) is 46.1 Å². The molecule has 3 rings (SSSR count). The molecule has 4 N–H and O–H groups in total. The van der Waals surface area contributed by atoms with Gasteiger partial charge in [0.25, 0.3) is 5.91 Å². The van der Waals surface area contributed by atoms with Crippen LogP contribution in [0.4, 0.5) is 5.69 Å². The highest BCUT2D eigenvalue weighted by atomic mass is 32.2. The van der Waals surface area contributed by atoms with Gasteiger partial charge in [0.05, 0.1) is 4.90 Å². The van der Waals surface area contributed by atoms with Gasteiger partial charge in [-0.1, -0.05) is 18.2 Å². The number of fused-ring (bicyclic) bond motifs is 1. The molecule has 0 aliphatic carbocycles. The van der Waals surface area contributed by atoms with E-state index in [1.165, 1.54) is 19.2 Å². The summed E-state index contributed by atoms with van der Waals surface area (Å²) in [6.07, 6.45) is 0. The van der Waals surface area contributed by atoms with E-state index >= 15 is 0 Å². The molecule has 124 valence electrons. The predicted molar refractivity (Wildman–Crippen MR) is 87.1 cm³/mol. The predicted octanol–water partition coefficient (Wildman–Crippen LogP) is 0.161. The number of carbonyl (C=O) groups excluding carboxylic acids is 1. The van der Waals surface area contributed by atoms with Gasteiger partial charge < -0.3 is 5.32 Å². The Balaban J connectivity index is 2.05. The molecule has 0 saturated heterocycles. The first-order chi connectivity index (χ1) is 11.3. The maximum Gasteiger partial charge on any atom is 0.343 e. The molecule has 1 aromatic heterocycles. The second kappa shape index (κ2) is 5.58. The van der Waals surface area contributed by atoms with Crippen molar-refractivity contribution in [2.24, 2.45) is 12.2 Å². The molecule has 0 atom stereocenters. The molecule has 0 saturated carbocycles. The molecule has 0 bridgehead atoms. The van der Waals surface area contributed by atoms with Gasteiger partial charge in [0, 0.05) is 18.1 Å². The van der Waals surface area contributed by atoms with Crippen LogP contribution in [-0.4, -0.2) is 29.1 Å². The number of nitrogens with two attached hydrogens (primary N) is 1. The number of nitrogens with one attached hydrogen (secondary N) is 2. The zero-order valence-electron chi connectivity index (χ0n) is 12.5. The van der Waals surface area contributed by atoms with E-state index in [1.54, 1.807) is 24.3 Å². The van der Waals surface area contributed by atoms with Crippen molar-refractivity contribution in [2.45, 2.75) is 4.90 Å². The normalized spacial score (nSPS) is 11.6. The highest BCUT2D eigenvalue weighted by Crippen LogP contribution is 2.26. The summed E-state index contributed by atoms with van der Waals surface area (Å²) in [5.74, 6) is -0.775. The number of anilines is 1. The summed E-state index contributed by atoms with van der Waals surface area (Å²) >= 11 is 0. The number of aromatic amines is 1. The van der Waals surface area contributed by atoms with Crippen molar-refractivity contribution in [1.82, 2.24) is 14.8 Å². The molecule has 3 aromatic rings. The molecule has 2 aromatic carbocycles. The number of primary sulfonamides is 1. The molecule has 9 nitrogen and oxygen atoms in total. The Morgan fingerprint density at radius 3 is 2.67 bits per heavy atom. The van der Waals surface area contributed by atoms with E-state index in [0.717, 1.165) is 10.1 Å². The number of amides is 1. The number of hydrogen-bond acceptors (Lipinski definition) is 5. The molecular weight excluding hydrogens is 334 g/mol. The molecule has 0 unspecified atom stereocenters. The van der Waals surface area contributed by atoms with Crippen LogP contribution in [0.25, 0.3) is 10.8 Å². The van der Waals surface area contributed by atoms with Gasteiger partial charge in [-0.2, -0.15) is 0 Å². The van der Waals surface area contributed by atoms with E-state index < -0.39 is 21.6 Å². The van der Waals surface area contributed by atoms with Crippen LogP contribution in [-0.2, 0) is 17.1 Å². The van der Waals surface area contributed by atoms with E-state index in [0.29, 0.717) is 11.1 Å². The molecule has 0 aliphatic heterocycles. The first kappa shape index (κ1) is 15.9. The van der Waals surface area contributed by atoms with Gasteiger partial charge in [0.1, 0.15) is 0 Å². The van der Waals surface area contributed by atoms with Crippen LogP contribution in [0.5, 0.6) is 0 Å². The van der Waals surface area contributed by atoms with Crippen LogP contribution in [0, 0.1) is 0 Å². The third kappa shape index (κ3) is 2.92. The largest absolute Gasteiger partial charge is 0.343 e. The molecule has 0 aliphatic rings. The van der Waals surface area contributed by atoms with Gasteiger partial charge in [0.15, 0.2) is 0 Å². The summed E-state index contributed by atoms with van der Waals surface area (Å²) in [4.78, 5) is 25.8. The number of aryl methyl sites for hydroxylation is 1. The first-order valence-electron chi connectivity index (χ1n) is 6.76. The fourth-order valence-corrected chi connectivity index (χ4v) is 2.76. The van der Waals surface area contributed by atoms with E-state index in [-0.39, 0.29) is 10.7 Å². The van der Waals surface area contributed by atoms with Crippen molar-refractivity contribution < 1.29 is 13.2 Å². The molecule has 0 fully saturated rings. The lowest BCUT2D eigenvalue weighted by atomic mass is 10.1. The van der Waals surface area contributed by atoms with Gasteiger partial charge >= 0.3 is 5.69 Å². The lowest BCUT2D eigenvalue weighted by Gasteiger charge is -2.09. The van der Waals surface area contributed by atoms with E-state index in [2.05, 4.69) is 15.4 Å². The number of carbonyl (C=O) groups is 1. The molecule has 0 radical (unpaired) electrons. The van der Waals surface area contributed by atoms with Gasteiger partial charge in [-0.3, -0.25) is 9.78 Å². The number of nitrogens with zero attached hydrogens (tertiary/aromatic N) is 2. The fourth-order valence-electron chi connectivity index (χ4n) is 2.22. The van der Waals surface area contributed by atoms with Crippen LogP contribution in [0.1, 0.15) is 10.6 Å². The topological polar surface area (TPSA) is 140 Å². The van der Waals surface area contributed by atoms with Gasteiger partial charge in [-0.25, -0.2) is 23.0 Å². The van der Waals surface area contributed by atoms with Gasteiger partial charge in [0.2, 0.25) is 15.8 Å². The van der Waals surface area contributed by atoms with Gasteiger partial charge in [-0.15, -0.1) is 5.10 Å². The van der Waals surface area contributed by atoms with Crippen molar-refractivity contribution in [1.29, 1.82) is 0 Å². The number of hydrogen-bond donors (Lipinski definition) is 3. The lowest BCUT2D eigenvalue weighted by molar-refractivity contribution is 0.101. The average Bonchev–Trinajstić information content (AvgIpc) is 2.86. The zero-order valence-corrected chi connectivity index (χ0v) is 13.3. The number of sulfonamides is 1. The van der Waals surface area contributed by atoms with Crippen molar-refractivity contribution >= 4 is 32.4 Å². The summed E-state index contributed by atoms with van der Waals surface area (Å²) in [5, 5.41) is 12.7. The third-order valence-corrected chi connectivity index (χ3v) is 4.33. The summed E-state index contributed by atoms with van der Waals surface area (Å²) in [6.45, 7) is 0. The Hall–Kier alpha value is -2.98. The fraction of sp³-hybridized carbons (Fsp3) is 0.0714. The highest BCUT2D eigenvalue weighted by Gasteiger charge is 2.15. The van der Waals surface area contributed by atoms with E-state index in [1.807, 2.05) is 0 Å². The van der Waals surface area contributed by atoms with Crippen molar-refractivity contribution in [3.8, 4) is 0 Å². The Labute approximate surface area is 136 Å². The Bertz CT molecular complexity index is 1110. The third-order valence-electron chi connectivity index (χ3n) is 3.41. The van der Waals surface area contributed by atoms with Crippen LogP contribution in [0.2, 0.25) is 0 Å². The van der Waals surface area contributed by atoms with E-state index in [9.17, 15) is 18.0 Å². The number of benzene rings is 2. The smallest absolute Gasteiger partial charge is 0.319 e. The summed E-state index contributed by atoms with van der Waals surface area (Å²) < 4.78 is 24.0. The molecule has 1 heterocycles. The minimum Gasteiger partial charge on any atom is -0.319 e. The molecule has 10 heteroatoms. The van der Waals surface area contributed by atoms with Crippen LogP contribution < -0.4 is 16.1 Å². The maximum absolute atomic E-state index is 12.2. The minimum absolute atomic E-state index is 0.0667. The second-order valence-corrected chi connectivity index (χ2v) is 6.65. The van der Waals surface area contributed by atoms with Crippen molar-refractivity contribution in [3.63, 3.8) is 0 Å². The highest BCUT2D eigenvalue weighted by molar-refractivity contribution is 7.89. The Kier molecular flexibility index (Phi) is 3.70. The summed E-state index contributed by atoms with van der Waals surface area (Å²) in [5.41, 5.74) is -0.149. The molecule has 1 amide bonds. The maximum atomic E-state index is 12.2. The Morgan fingerprint density at radius 2 is 2.04 bits per heavy atom. The van der Waals surface area contributed by atoms with E-state index in [4.69, 9.17) is 5.14 Å².